The molecule has 0 spiro atoms. The van der Waals surface area contributed by atoms with E-state index in [0.29, 0.717) is 5.13 Å². The van der Waals surface area contributed by atoms with Crippen LogP contribution >= 0.6 is 11.3 Å². The second-order valence-corrected chi connectivity index (χ2v) is 7.20. The Morgan fingerprint density at radius 1 is 1.15 bits per heavy atom. The summed E-state index contributed by atoms with van der Waals surface area (Å²) in [5.41, 5.74) is 2.84. The van der Waals surface area contributed by atoms with Gasteiger partial charge in [-0.25, -0.2) is 4.98 Å². The largest absolute Gasteiger partial charge is 0.301 e. The highest BCUT2D eigenvalue weighted by atomic mass is 32.1. The molecule has 0 saturated carbocycles. The third-order valence-corrected chi connectivity index (χ3v) is 3.91. The van der Waals surface area contributed by atoms with Crippen molar-refractivity contribution in [3.63, 3.8) is 0 Å². The minimum Gasteiger partial charge on any atom is -0.301 e. The lowest BCUT2D eigenvalue weighted by Gasteiger charge is -2.15. The van der Waals surface area contributed by atoms with Gasteiger partial charge in [-0.15, -0.1) is 11.3 Å². The van der Waals surface area contributed by atoms with Gasteiger partial charge in [-0.3, -0.25) is 4.79 Å². The SMILES string of the molecule is Cc1ccc(-c2nc(NC(=O)C(C)(C)C)sc2C)cc1. The zero-order valence-electron chi connectivity index (χ0n) is 12.6. The second-order valence-electron chi connectivity index (χ2n) is 5.99. The first-order valence-corrected chi connectivity index (χ1v) is 7.45. The van der Waals surface area contributed by atoms with Crippen molar-refractivity contribution in [2.24, 2.45) is 5.41 Å². The van der Waals surface area contributed by atoms with Crippen molar-refractivity contribution in [3.8, 4) is 11.3 Å². The molecule has 1 heterocycles. The van der Waals surface area contributed by atoms with Gasteiger partial charge in [-0.1, -0.05) is 50.6 Å². The molecule has 0 unspecified atom stereocenters. The van der Waals surface area contributed by atoms with E-state index in [1.165, 1.54) is 16.9 Å². The van der Waals surface area contributed by atoms with Crippen LogP contribution in [0.4, 0.5) is 5.13 Å². The summed E-state index contributed by atoms with van der Waals surface area (Å²) in [5, 5.41) is 3.56. The second kappa shape index (κ2) is 5.37. The van der Waals surface area contributed by atoms with Gasteiger partial charge in [0.25, 0.3) is 0 Å². The molecule has 2 aromatic rings. The molecule has 1 N–H and O–H groups in total. The molecule has 0 bridgehead atoms. The van der Waals surface area contributed by atoms with Crippen molar-refractivity contribution >= 4 is 22.4 Å². The average molecular weight is 288 g/mol. The molecule has 0 saturated heterocycles. The average Bonchev–Trinajstić information content (AvgIpc) is 2.70. The first kappa shape index (κ1) is 14.7. The number of benzene rings is 1. The number of carbonyl (C=O) groups is 1. The first-order chi connectivity index (χ1) is 9.27. The molecular weight excluding hydrogens is 268 g/mol. The van der Waals surface area contributed by atoms with E-state index in [1.807, 2.05) is 27.7 Å². The van der Waals surface area contributed by atoms with Gasteiger partial charge >= 0.3 is 0 Å². The monoisotopic (exact) mass is 288 g/mol. The van der Waals surface area contributed by atoms with Gasteiger partial charge in [0, 0.05) is 15.9 Å². The predicted molar refractivity (Wildman–Crippen MR) is 85.1 cm³/mol. The third kappa shape index (κ3) is 3.25. The number of aromatic nitrogens is 1. The molecule has 1 aromatic heterocycles. The van der Waals surface area contributed by atoms with Crippen LogP contribution in [-0.4, -0.2) is 10.9 Å². The summed E-state index contributed by atoms with van der Waals surface area (Å²) >= 11 is 1.51. The Labute approximate surface area is 124 Å². The van der Waals surface area contributed by atoms with Gasteiger partial charge in [0.15, 0.2) is 5.13 Å². The van der Waals surface area contributed by atoms with Gasteiger partial charge in [-0.05, 0) is 13.8 Å². The third-order valence-electron chi connectivity index (χ3n) is 3.02. The number of anilines is 1. The number of nitrogens with zero attached hydrogens (tertiary/aromatic N) is 1. The normalized spacial score (nSPS) is 11.4. The Morgan fingerprint density at radius 3 is 2.30 bits per heavy atom. The quantitative estimate of drug-likeness (QED) is 0.889. The molecule has 0 atom stereocenters. The number of carbonyl (C=O) groups excluding carboxylic acids is 1. The van der Waals surface area contributed by atoms with Crippen molar-refractivity contribution in [1.82, 2.24) is 4.98 Å². The maximum absolute atomic E-state index is 12.0. The molecule has 3 nitrogen and oxygen atoms in total. The van der Waals surface area contributed by atoms with Crippen LogP contribution in [0.15, 0.2) is 24.3 Å². The fourth-order valence-corrected chi connectivity index (χ4v) is 2.54. The van der Waals surface area contributed by atoms with Crippen molar-refractivity contribution < 1.29 is 4.79 Å². The lowest BCUT2D eigenvalue weighted by atomic mass is 9.96. The highest BCUT2D eigenvalue weighted by Gasteiger charge is 2.22. The molecule has 1 aromatic carbocycles. The van der Waals surface area contributed by atoms with Crippen molar-refractivity contribution in [3.05, 3.63) is 34.7 Å². The molecule has 0 aliphatic heterocycles. The summed E-state index contributed by atoms with van der Waals surface area (Å²) in [5.74, 6) is -0.0123. The van der Waals surface area contributed by atoms with Gasteiger partial charge in [0.2, 0.25) is 5.91 Å². The number of hydrogen-bond donors (Lipinski definition) is 1. The lowest BCUT2D eigenvalue weighted by Crippen LogP contribution is -2.27. The summed E-state index contributed by atoms with van der Waals surface area (Å²) < 4.78 is 0. The summed E-state index contributed by atoms with van der Waals surface area (Å²) in [7, 11) is 0. The fraction of sp³-hybridized carbons (Fsp3) is 0.375. The molecule has 0 fully saturated rings. The van der Waals surface area contributed by atoms with Crippen LogP contribution in [-0.2, 0) is 4.79 Å². The van der Waals surface area contributed by atoms with Crippen molar-refractivity contribution in [1.29, 1.82) is 0 Å². The van der Waals surface area contributed by atoms with Crippen LogP contribution in [0.1, 0.15) is 31.2 Å². The van der Waals surface area contributed by atoms with Crippen LogP contribution in [0.25, 0.3) is 11.3 Å². The molecule has 0 aliphatic rings. The summed E-state index contributed by atoms with van der Waals surface area (Å²) in [6.45, 7) is 9.77. The van der Waals surface area contributed by atoms with Crippen LogP contribution in [0.3, 0.4) is 0 Å². The number of rotatable bonds is 2. The van der Waals surface area contributed by atoms with Crippen molar-refractivity contribution in [2.75, 3.05) is 5.32 Å². The Morgan fingerprint density at radius 2 is 1.75 bits per heavy atom. The minimum atomic E-state index is -0.413. The van der Waals surface area contributed by atoms with E-state index in [4.69, 9.17) is 0 Å². The fourth-order valence-electron chi connectivity index (χ4n) is 1.71. The van der Waals surface area contributed by atoms with E-state index in [-0.39, 0.29) is 5.91 Å². The Bertz CT molecular complexity index is 621. The summed E-state index contributed by atoms with van der Waals surface area (Å²) in [6, 6.07) is 8.27. The molecular formula is C16H20N2OS. The van der Waals surface area contributed by atoms with Crippen LogP contribution in [0.2, 0.25) is 0 Å². The summed E-state index contributed by atoms with van der Waals surface area (Å²) in [6.07, 6.45) is 0. The molecule has 2 rings (SSSR count). The Balaban J connectivity index is 2.26. The van der Waals surface area contributed by atoms with E-state index >= 15 is 0 Å². The smallest absolute Gasteiger partial charge is 0.231 e. The minimum absolute atomic E-state index is 0.0123. The zero-order chi connectivity index (χ0) is 14.9. The van der Waals surface area contributed by atoms with E-state index < -0.39 is 5.41 Å². The molecule has 0 radical (unpaired) electrons. The molecule has 0 aliphatic carbocycles. The number of nitrogens with one attached hydrogen (secondary N) is 1. The molecule has 106 valence electrons. The van der Waals surface area contributed by atoms with Crippen molar-refractivity contribution in [2.45, 2.75) is 34.6 Å². The van der Waals surface area contributed by atoms with Gasteiger partial charge in [-0.2, -0.15) is 0 Å². The lowest BCUT2D eigenvalue weighted by molar-refractivity contribution is -0.123. The number of amides is 1. The molecule has 1 amide bonds. The van der Waals surface area contributed by atoms with Gasteiger partial charge in [0.05, 0.1) is 5.69 Å². The van der Waals surface area contributed by atoms with E-state index in [2.05, 4.69) is 41.5 Å². The zero-order valence-corrected chi connectivity index (χ0v) is 13.4. The molecule has 4 heteroatoms. The maximum Gasteiger partial charge on any atom is 0.231 e. The van der Waals surface area contributed by atoms with Crippen LogP contribution in [0, 0.1) is 19.3 Å². The summed E-state index contributed by atoms with van der Waals surface area (Å²) in [4.78, 5) is 17.7. The highest BCUT2D eigenvalue weighted by molar-refractivity contribution is 7.16. The highest BCUT2D eigenvalue weighted by Crippen LogP contribution is 2.31. The van der Waals surface area contributed by atoms with E-state index in [1.54, 1.807) is 0 Å². The van der Waals surface area contributed by atoms with Gasteiger partial charge in [0.1, 0.15) is 0 Å². The number of hydrogen-bond acceptors (Lipinski definition) is 3. The topological polar surface area (TPSA) is 42.0 Å². The maximum atomic E-state index is 12.0. The number of aryl methyl sites for hydroxylation is 2. The standard InChI is InChI=1S/C16H20N2OS/c1-10-6-8-12(9-7-10)13-11(2)20-15(17-13)18-14(19)16(3,4)5/h6-9H,1-5H3,(H,17,18,19). The molecule has 20 heavy (non-hydrogen) atoms. The van der Waals surface area contributed by atoms with Crippen LogP contribution in [0.5, 0.6) is 0 Å². The van der Waals surface area contributed by atoms with Crippen LogP contribution < -0.4 is 5.32 Å². The van der Waals surface area contributed by atoms with E-state index in [0.717, 1.165) is 16.1 Å². The Hall–Kier alpha value is -1.68. The first-order valence-electron chi connectivity index (χ1n) is 6.63. The van der Waals surface area contributed by atoms with Gasteiger partial charge < -0.3 is 5.32 Å². The predicted octanol–water partition coefficient (Wildman–Crippen LogP) is 4.41. The Kier molecular flexibility index (Phi) is 3.95. The van der Waals surface area contributed by atoms with E-state index in [9.17, 15) is 4.79 Å². The number of thiazole rings is 1.